The number of hydrogen-bond donors (Lipinski definition) is 2. The van der Waals surface area contributed by atoms with E-state index in [-0.39, 0.29) is 16.3 Å². The van der Waals surface area contributed by atoms with Crippen LogP contribution in [-0.4, -0.2) is 11.0 Å². The number of carbonyl (C=O) groups is 1. The minimum atomic E-state index is -0.429. The van der Waals surface area contributed by atoms with Crippen LogP contribution in [0, 0.1) is 6.92 Å². The zero-order valence-electron chi connectivity index (χ0n) is 9.77. The van der Waals surface area contributed by atoms with Crippen LogP contribution in [0.5, 0.6) is 5.75 Å². The van der Waals surface area contributed by atoms with Gasteiger partial charge in [-0.05, 0) is 31.2 Å². The maximum Gasteiger partial charge on any atom is 0.260 e. The fourth-order valence-electron chi connectivity index (χ4n) is 1.57. The Hall–Kier alpha value is -2.00. The van der Waals surface area contributed by atoms with Gasteiger partial charge in [-0.25, -0.2) is 0 Å². The van der Waals surface area contributed by atoms with E-state index in [9.17, 15) is 9.90 Å². The molecule has 0 atom stereocenters. The van der Waals surface area contributed by atoms with Gasteiger partial charge in [0.05, 0.1) is 5.02 Å². The molecule has 0 heterocycles. The Labute approximate surface area is 110 Å². The molecule has 2 rings (SSSR count). The first-order chi connectivity index (χ1) is 8.58. The molecule has 18 heavy (non-hydrogen) atoms. The predicted octanol–water partition coefficient (Wildman–Crippen LogP) is 3.61. The third kappa shape index (κ3) is 2.63. The molecule has 2 aromatic carbocycles. The van der Waals surface area contributed by atoms with Crippen molar-refractivity contribution in [1.29, 1.82) is 0 Å². The molecule has 92 valence electrons. The van der Waals surface area contributed by atoms with Gasteiger partial charge in [0.2, 0.25) is 0 Å². The molecule has 3 nitrogen and oxygen atoms in total. The van der Waals surface area contributed by atoms with Gasteiger partial charge in [-0.1, -0.05) is 35.4 Å². The zero-order chi connectivity index (χ0) is 13.1. The summed E-state index contributed by atoms with van der Waals surface area (Å²) in [4.78, 5) is 12.0. The summed E-state index contributed by atoms with van der Waals surface area (Å²) in [5.74, 6) is -0.561. The number of benzene rings is 2. The summed E-state index contributed by atoms with van der Waals surface area (Å²) in [7, 11) is 0. The minimum Gasteiger partial charge on any atom is -0.507 e. The second kappa shape index (κ2) is 5.10. The highest BCUT2D eigenvalue weighted by atomic mass is 35.5. The average Bonchev–Trinajstić information content (AvgIpc) is 2.32. The Balaban J connectivity index is 2.25. The van der Waals surface area contributed by atoms with E-state index in [1.165, 1.54) is 6.07 Å². The number of nitrogens with one attached hydrogen (secondary N) is 1. The highest BCUT2D eigenvalue weighted by Gasteiger charge is 2.15. The standard InChI is InChI=1S/C14H12ClNO2/c1-9-5-7-10(8-6-9)16-14(18)13-11(15)3-2-4-12(13)17/h2-8,17H,1H3,(H,16,18). The van der Waals surface area contributed by atoms with Crippen molar-refractivity contribution in [2.45, 2.75) is 6.92 Å². The number of aryl methyl sites for hydroxylation is 1. The molecule has 0 aliphatic rings. The number of amides is 1. The van der Waals surface area contributed by atoms with Crippen LogP contribution in [0.25, 0.3) is 0 Å². The van der Waals surface area contributed by atoms with E-state index < -0.39 is 5.91 Å². The number of hydrogen-bond acceptors (Lipinski definition) is 2. The van der Waals surface area contributed by atoms with E-state index in [1.807, 2.05) is 19.1 Å². The smallest absolute Gasteiger partial charge is 0.260 e. The fourth-order valence-corrected chi connectivity index (χ4v) is 1.82. The number of phenols is 1. The number of aromatic hydroxyl groups is 1. The first kappa shape index (κ1) is 12.5. The van der Waals surface area contributed by atoms with Crippen LogP contribution in [0.1, 0.15) is 15.9 Å². The Morgan fingerprint density at radius 3 is 2.44 bits per heavy atom. The van der Waals surface area contributed by atoms with E-state index in [4.69, 9.17) is 11.6 Å². The van der Waals surface area contributed by atoms with Crippen molar-refractivity contribution in [2.75, 3.05) is 5.32 Å². The third-order valence-electron chi connectivity index (χ3n) is 2.53. The lowest BCUT2D eigenvalue weighted by atomic mass is 10.1. The summed E-state index contributed by atoms with van der Waals surface area (Å²) < 4.78 is 0. The normalized spacial score (nSPS) is 10.1. The maximum absolute atomic E-state index is 12.0. The van der Waals surface area contributed by atoms with Crippen molar-refractivity contribution in [3.8, 4) is 5.75 Å². The van der Waals surface area contributed by atoms with Crippen molar-refractivity contribution in [3.05, 3.63) is 58.6 Å². The number of halogens is 1. The van der Waals surface area contributed by atoms with E-state index in [0.717, 1.165) is 5.56 Å². The first-order valence-electron chi connectivity index (χ1n) is 5.43. The summed E-state index contributed by atoms with van der Waals surface area (Å²) in [5.41, 5.74) is 1.85. The van der Waals surface area contributed by atoms with Crippen molar-refractivity contribution >= 4 is 23.2 Å². The van der Waals surface area contributed by atoms with Crippen LogP contribution < -0.4 is 5.32 Å². The molecule has 0 saturated carbocycles. The first-order valence-corrected chi connectivity index (χ1v) is 5.81. The predicted molar refractivity (Wildman–Crippen MR) is 72.2 cm³/mol. The highest BCUT2D eigenvalue weighted by Crippen LogP contribution is 2.26. The number of rotatable bonds is 2. The topological polar surface area (TPSA) is 49.3 Å². The van der Waals surface area contributed by atoms with E-state index in [1.54, 1.807) is 24.3 Å². The van der Waals surface area contributed by atoms with E-state index in [2.05, 4.69) is 5.32 Å². The number of phenolic OH excluding ortho intramolecular Hbond substituents is 1. The van der Waals surface area contributed by atoms with Gasteiger partial charge in [-0.15, -0.1) is 0 Å². The molecule has 2 aromatic rings. The molecule has 0 radical (unpaired) electrons. The molecular weight excluding hydrogens is 250 g/mol. The fraction of sp³-hybridized carbons (Fsp3) is 0.0714. The van der Waals surface area contributed by atoms with Crippen LogP contribution in [0.3, 0.4) is 0 Å². The maximum atomic E-state index is 12.0. The van der Waals surface area contributed by atoms with Crippen LogP contribution >= 0.6 is 11.6 Å². The zero-order valence-corrected chi connectivity index (χ0v) is 10.5. The Kier molecular flexibility index (Phi) is 3.53. The second-order valence-corrected chi connectivity index (χ2v) is 4.36. The molecule has 1 amide bonds. The molecule has 0 aliphatic carbocycles. The minimum absolute atomic E-state index is 0.0831. The molecule has 0 fully saturated rings. The Bertz CT molecular complexity index is 559. The summed E-state index contributed by atoms with van der Waals surface area (Å²) in [6, 6.07) is 11.9. The molecular formula is C14H12ClNO2. The highest BCUT2D eigenvalue weighted by molar-refractivity contribution is 6.34. The summed E-state index contributed by atoms with van der Waals surface area (Å²) >= 11 is 5.90. The third-order valence-corrected chi connectivity index (χ3v) is 2.84. The van der Waals surface area contributed by atoms with Crippen molar-refractivity contribution in [1.82, 2.24) is 0 Å². The van der Waals surface area contributed by atoms with Crippen LogP contribution in [-0.2, 0) is 0 Å². The van der Waals surface area contributed by atoms with Gasteiger partial charge in [0.1, 0.15) is 11.3 Å². The molecule has 0 spiro atoms. The Morgan fingerprint density at radius 1 is 1.17 bits per heavy atom. The van der Waals surface area contributed by atoms with Gasteiger partial charge in [0.25, 0.3) is 5.91 Å². The van der Waals surface area contributed by atoms with E-state index >= 15 is 0 Å². The van der Waals surface area contributed by atoms with Gasteiger partial charge in [-0.2, -0.15) is 0 Å². The molecule has 0 unspecified atom stereocenters. The molecule has 4 heteroatoms. The van der Waals surface area contributed by atoms with Gasteiger partial charge in [0.15, 0.2) is 0 Å². The van der Waals surface area contributed by atoms with Crippen molar-refractivity contribution < 1.29 is 9.90 Å². The molecule has 2 N–H and O–H groups in total. The quantitative estimate of drug-likeness (QED) is 0.868. The molecule has 0 aliphatic heterocycles. The average molecular weight is 262 g/mol. The number of carbonyl (C=O) groups excluding carboxylic acids is 1. The van der Waals surface area contributed by atoms with E-state index in [0.29, 0.717) is 5.69 Å². The van der Waals surface area contributed by atoms with Crippen LogP contribution in [0.4, 0.5) is 5.69 Å². The largest absolute Gasteiger partial charge is 0.507 e. The SMILES string of the molecule is Cc1ccc(NC(=O)c2c(O)cccc2Cl)cc1. The lowest BCUT2D eigenvalue weighted by Gasteiger charge is -2.08. The molecule has 0 aromatic heterocycles. The van der Waals surface area contributed by atoms with Gasteiger partial charge >= 0.3 is 0 Å². The lowest BCUT2D eigenvalue weighted by molar-refractivity contribution is 0.102. The van der Waals surface area contributed by atoms with Gasteiger partial charge < -0.3 is 10.4 Å². The van der Waals surface area contributed by atoms with Gasteiger partial charge in [-0.3, -0.25) is 4.79 Å². The van der Waals surface area contributed by atoms with Crippen molar-refractivity contribution in [3.63, 3.8) is 0 Å². The molecule has 0 saturated heterocycles. The lowest BCUT2D eigenvalue weighted by Crippen LogP contribution is -2.12. The monoisotopic (exact) mass is 261 g/mol. The number of anilines is 1. The van der Waals surface area contributed by atoms with Gasteiger partial charge in [0, 0.05) is 5.69 Å². The second-order valence-electron chi connectivity index (χ2n) is 3.95. The van der Waals surface area contributed by atoms with Crippen LogP contribution in [0.15, 0.2) is 42.5 Å². The molecule has 0 bridgehead atoms. The Morgan fingerprint density at radius 2 is 1.83 bits per heavy atom. The van der Waals surface area contributed by atoms with Crippen molar-refractivity contribution in [2.24, 2.45) is 0 Å². The van der Waals surface area contributed by atoms with Crippen LogP contribution in [0.2, 0.25) is 5.02 Å². The summed E-state index contributed by atoms with van der Waals surface area (Å²) in [6.07, 6.45) is 0. The summed E-state index contributed by atoms with van der Waals surface area (Å²) in [5, 5.41) is 12.5. The summed E-state index contributed by atoms with van der Waals surface area (Å²) in [6.45, 7) is 1.96.